The lowest BCUT2D eigenvalue weighted by atomic mass is 9.76. The summed E-state index contributed by atoms with van der Waals surface area (Å²) in [4.78, 5) is 4.44. The first-order chi connectivity index (χ1) is 8.39. The quantitative estimate of drug-likeness (QED) is 0.810. The number of nitrogens with one attached hydrogen (secondary N) is 1. The summed E-state index contributed by atoms with van der Waals surface area (Å²) in [6.07, 6.45) is 2.65. The lowest BCUT2D eigenvalue weighted by molar-refractivity contribution is 0.204. The Labute approximate surface area is 111 Å². The Morgan fingerprint density at radius 2 is 2.00 bits per heavy atom. The Morgan fingerprint density at radius 1 is 1.33 bits per heavy atom. The van der Waals surface area contributed by atoms with Gasteiger partial charge >= 0.3 is 0 Å². The molecule has 1 rings (SSSR count). The monoisotopic (exact) mass is 252 g/mol. The SMILES string of the molecule is CNCC(C)(Cc1ncnn1CC(C)C)C(C)C. The van der Waals surface area contributed by atoms with E-state index in [9.17, 15) is 0 Å². The van der Waals surface area contributed by atoms with Gasteiger partial charge in [0.05, 0.1) is 0 Å². The third kappa shape index (κ3) is 3.80. The van der Waals surface area contributed by atoms with Crippen molar-refractivity contribution in [2.24, 2.45) is 17.3 Å². The van der Waals surface area contributed by atoms with Gasteiger partial charge in [0.2, 0.25) is 0 Å². The fourth-order valence-electron chi connectivity index (χ4n) is 2.16. The van der Waals surface area contributed by atoms with Crippen LogP contribution in [-0.4, -0.2) is 28.4 Å². The first-order valence-corrected chi connectivity index (χ1v) is 6.90. The van der Waals surface area contributed by atoms with Gasteiger partial charge in [-0.05, 0) is 24.3 Å². The Balaban J connectivity index is 2.84. The molecule has 18 heavy (non-hydrogen) atoms. The largest absolute Gasteiger partial charge is 0.319 e. The van der Waals surface area contributed by atoms with Crippen LogP contribution in [0.5, 0.6) is 0 Å². The average Bonchev–Trinajstić information content (AvgIpc) is 2.64. The van der Waals surface area contributed by atoms with Crippen LogP contribution in [0.15, 0.2) is 6.33 Å². The second kappa shape index (κ2) is 6.32. The van der Waals surface area contributed by atoms with E-state index in [4.69, 9.17) is 0 Å². The van der Waals surface area contributed by atoms with Gasteiger partial charge in [0.15, 0.2) is 0 Å². The molecular weight excluding hydrogens is 224 g/mol. The molecule has 1 aromatic rings. The molecule has 4 nitrogen and oxygen atoms in total. The number of hydrogen-bond acceptors (Lipinski definition) is 3. The van der Waals surface area contributed by atoms with Gasteiger partial charge in [-0.2, -0.15) is 5.10 Å². The number of rotatable bonds is 7. The molecule has 1 heterocycles. The highest BCUT2D eigenvalue weighted by Crippen LogP contribution is 2.30. The maximum absolute atomic E-state index is 4.44. The van der Waals surface area contributed by atoms with E-state index in [1.54, 1.807) is 6.33 Å². The van der Waals surface area contributed by atoms with Crippen molar-refractivity contribution in [3.8, 4) is 0 Å². The molecule has 0 aromatic carbocycles. The maximum Gasteiger partial charge on any atom is 0.138 e. The molecule has 104 valence electrons. The number of aromatic nitrogens is 3. The summed E-state index contributed by atoms with van der Waals surface area (Å²) < 4.78 is 2.06. The molecule has 0 aliphatic heterocycles. The summed E-state index contributed by atoms with van der Waals surface area (Å²) in [6, 6.07) is 0. The van der Waals surface area contributed by atoms with Crippen LogP contribution in [0, 0.1) is 17.3 Å². The minimum Gasteiger partial charge on any atom is -0.319 e. The predicted octanol–water partition coefficient (Wildman–Crippen LogP) is 2.36. The van der Waals surface area contributed by atoms with Gasteiger partial charge in [-0.15, -0.1) is 0 Å². The molecule has 0 spiro atoms. The standard InChI is InChI=1S/C14H28N4/c1-11(2)8-18-13(16-10-17-18)7-14(5,9-15-6)12(3)4/h10-12,15H,7-9H2,1-6H3. The van der Waals surface area contributed by atoms with E-state index in [0.717, 1.165) is 25.3 Å². The molecule has 4 heteroatoms. The van der Waals surface area contributed by atoms with Crippen LogP contribution in [0.3, 0.4) is 0 Å². The normalized spacial score (nSPS) is 15.3. The van der Waals surface area contributed by atoms with Crippen LogP contribution < -0.4 is 5.32 Å². The van der Waals surface area contributed by atoms with Gasteiger partial charge in [0, 0.05) is 19.5 Å². The smallest absolute Gasteiger partial charge is 0.138 e. The summed E-state index contributed by atoms with van der Waals surface area (Å²) in [5.41, 5.74) is 0.219. The molecule has 1 unspecified atom stereocenters. The summed E-state index contributed by atoms with van der Waals surface area (Å²) in [5, 5.41) is 7.65. The molecule has 0 aliphatic carbocycles. The lowest BCUT2D eigenvalue weighted by Gasteiger charge is -2.33. The molecule has 0 amide bonds. The highest BCUT2D eigenvalue weighted by Gasteiger charge is 2.29. The molecule has 0 bridgehead atoms. The average molecular weight is 252 g/mol. The maximum atomic E-state index is 4.44. The van der Waals surface area contributed by atoms with Gasteiger partial charge in [0.1, 0.15) is 12.2 Å². The third-order valence-corrected chi connectivity index (χ3v) is 3.77. The van der Waals surface area contributed by atoms with Gasteiger partial charge in [-0.25, -0.2) is 9.67 Å². The first-order valence-electron chi connectivity index (χ1n) is 6.90. The molecular formula is C14H28N4. The predicted molar refractivity (Wildman–Crippen MR) is 75.4 cm³/mol. The van der Waals surface area contributed by atoms with E-state index in [1.165, 1.54) is 0 Å². The Kier molecular flexibility index (Phi) is 5.32. The van der Waals surface area contributed by atoms with Crippen molar-refractivity contribution in [2.75, 3.05) is 13.6 Å². The van der Waals surface area contributed by atoms with E-state index >= 15 is 0 Å². The third-order valence-electron chi connectivity index (χ3n) is 3.77. The van der Waals surface area contributed by atoms with E-state index < -0.39 is 0 Å². The van der Waals surface area contributed by atoms with Crippen molar-refractivity contribution < 1.29 is 0 Å². The molecule has 0 radical (unpaired) electrons. The number of nitrogens with zero attached hydrogens (tertiary/aromatic N) is 3. The molecule has 1 aromatic heterocycles. The molecule has 1 atom stereocenters. The van der Waals surface area contributed by atoms with Crippen molar-refractivity contribution >= 4 is 0 Å². The summed E-state index contributed by atoms with van der Waals surface area (Å²) in [6.45, 7) is 13.2. The van der Waals surface area contributed by atoms with Crippen LogP contribution in [0.25, 0.3) is 0 Å². The van der Waals surface area contributed by atoms with Crippen LogP contribution in [0.1, 0.15) is 40.4 Å². The summed E-state index contributed by atoms with van der Waals surface area (Å²) in [7, 11) is 2.01. The molecule has 0 saturated carbocycles. The van der Waals surface area contributed by atoms with E-state index in [1.807, 2.05) is 7.05 Å². The van der Waals surface area contributed by atoms with Gasteiger partial charge in [-0.3, -0.25) is 0 Å². The van der Waals surface area contributed by atoms with Crippen LogP contribution in [0.4, 0.5) is 0 Å². The molecule has 1 N–H and O–H groups in total. The molecule has 0 aliphatic rings. The van der Waals surface area contributed by atoms with E-state index in [-0.39, 0.29) is 5.41 Å². The Morgan fingerprint density at radius 3 is 2.50 bits per heavy atom. The highest BCUT2D eigenvalue weighted by molar-refractivity contribution is 4.95. The topological polar surface area (TPSA) is 42.7 Å². The van der Waals surface area contributed by atoms with Crippen molar-refractivity contribution in [3.63, 3.8) is 0 Å². The lowest BCUT2D eigenvalue weighted by Crippen LogP contribution is -2.37. The minimum atomic E-state index is 0.219. The summed E-state index contributed by atoms with van der Waals surface area (Å²) >= 11 is 0. The number of hydrogen-bond donors (Lipinski definition) is 1. The Hall–Kier alpha value is -0.900. The zero-order chi connectivity index (χ0) is 13.8. The molecule has 0 saturated heterocycles. The first kappa shape index (κ1) is 15.2. The zero-order valence-corrected chi connectivity index (χ0v) is 12.7. The Bertz CT molecular complexity index is 356. The second-order valence-electron chi connectivity index (χ2n) is 6.27. The summed E-state index contributed by atoms with van der Waals surface area (Å²) in [5.74, 6) is 2.31. The van der Waals surface area contributed by atoms with Gasteiger partial charge < -0.3 is 5.32 Å². The van der Waals surface area contributed by atoms with Gasteiger partial charge in [-0.1, -0.05) is 34.6 Å². The van der Waals surface area contributed by atoms with Crippen molar-refractivity contribution in [2.45, 2.75) is 47.6 Å². The fraction of sp³-hybridized carbons (Fsp3) is 0.857. The highest BCUT2D eigenvalue weighted by atomic mass is 15.3. The zero-order valence-electron chi connectivity index (χ0n) is 12.7. The van der Waals surface area contributed by atoms with Crippen molar-refractivity contribution in [3.05, 3.63) is 12.2 Å². The minimum absolute atomic E-state index is 0.219. The van der Waals surface area contributed by atoms with Crippen LogP contribution in [-0.2, 0) is 13.0 Å². The second-order valence-corrected chi connectivity index (χ2v) is 6.27. The van der Waals surface area contributed by atoms with E-state index in [0.29, 0.717) is 11.8 Å². The van der Waals surface area contributed by atoms with Crippen LogP contribution >= 0.6 is 0 Å². The van der Waals surface area contributed by atoms with Gasteiger partial charge in [0.25, 0.3) is 0 Å². The molecule has 0 fully saturated rings. The van der Waals surface area contributed by atoms with Crippen molar-refractivity contribution in [1.82, 2.24) is 20.1 Å². The van der Waals surface area contributed by atoms with Crippen LogP contribution in [0.2, 0.25) is 0 Å². The fourth-order valence-corrected chi connectivity index (χ4v) is 2.16. The van der Waals surface area contributed by atoms with E-state index in [2.05, 4.69) is 54.7 Å². The van der Waals surface area contributed by atoms with Crippen molar-refractivity contribution in [1.29, 1.82) is 0 Å².